The van der Waals surface area contributed by atoms with Gasteiger partial charge in [0.15, 0.2) is 0 Å². The summed E-state index contributed by atoms with van der Waals surface area (Å²) in [5, 5.41) is 28.5. The van der Waals surface area contributed by atoms with E-state index in [-0.39, 0.29) is 0 Å². The highest BCUT2D eigenvalue weighted by atomic mass is 16.3. The first-order valence-electron chi connectivity index (χ1n) is 3.96. The van der Waals surface area contributed by atoms with E-state index in [0.717, 1.165) is 0 Å². The van der Waals surface area contributed by atoms with Gasteiger partial charge in [0.2, 0.25) is 0 Å². The minimum atomic E-state index is -1.55. The van der Waals surface area contributed by atoms with Gasteiger partial charge in [0.05, 0.1) is 19.8 Å². The SMILES string of the molecule is NC(=O)C#CC(=O)NC(CO)(CO)CO. The number of amides is 2. The van der Waals surface area contributed by atoms with Crippen molar-refractivity contribution in [2.45, 2.75) is 5.54 Å². The Morgan fingerprint density at radius 2 is 1.60 bits per heavy atom. The lowest BCUT2D eigenvalue weighted by atomic mass is 10.0. The lowest BCUT2D eigenvalue weighted by Crippen LogP contribution is -2.56. The number of hydrogen-bond donors (Lipinski definition) is 5. The highest BCUT2D eigenvalue weighted by Gasteiger charge is 2.29. The molecule has 0 aliphatic rings. The number of carbonyl (C=O) groups is 2. The third-order valence-electron chi connectivity index (χ3n) is 1.59. The molecule has 7 heteroatoms. The van der Waals surface area contributed by atoms with Crippen LogP contribution in [0.5, 0.6) is 0 Å². The fourth-order valence-corrected chi connectivity index (χ4v) is 0.659. The fourth-order valence-electron chi connectivity index (χ4n) is 0.659. The molecule has 0 aromatic heterocycles. The van der Waals surface area contributed by atoms with Crippen LogP contribution in [0.25, 0.3) is 0 Å². The van der Waals surface area contributed by atoms with Gasteiger partial charge in [0.25, 0.3) is 11.8 Å². The Morgan fingerprint density at radius 1 is 1.13 bits per heavy atom. The molecule has 0 saturated heterocycles. The third-order valence-corrected chi connectivity index (χ3v) is 1.59. The van der Waals surface area contributed by atoms with Gasteiger partial charge in [-0.3, -0.25) is 9.59 Å². The Hall–Kier alpha value is -1.62. The van der Waals surface area contributed by atoms with Crippen LogP contribution in [0, 0.1) is 11.8 Å². The predicted octanol–water partition coefficient (Wildman–Crippen LogP) is -3.69. The molecule has 0 aliphatic heterocycles. The number of hydrogen-bond acceptors (Lipinski definition) is 5. The molecule has 0 atom stereocenters. The molecule has 0 heterocycles. The van der Waals surface area contributed by atoms with Crippen molar-refractivity contribution < 1.29 is 24.9 Å². The first-order chi connectivity index (χ1) is 6.99. The average Bonchev–Trinajstić information content (AvgIpc) is 2.23. The third kappa shape index (κ3) is 4.42. The summed E-state index contributed by atoms with van der Waals surface area (Å²) >= 11 is 0. The average molecular weight is 216 g/mol. The van der Waals surface area contributed by atoms with Crippen molar-refractivity contribution in [3.8, 4) is 11.8 Å². The molecular formula is C8H12N2O5. The summed E-state index contributed by atoms with van der Waals surface area (Å²) < 4.78 is 0. The van der Waals surface area contributed by atoms with Gasteiger partial charge in [-0.05, 0) is 0 Å². The van der Waals surface area contributed by atoms with E-state index in [2.05, 4.69) is 11.1 Å². The maximum atomic E-state index is 11.0. The maximum absolute atomic E-state index is 11.0. The van der Waals surface area contributed by atoms with Crippen molar-refractivity contribution in [2.75, 3.05) is 19.8 Å². The van der Waals surface area contributed by atoms with Crippen molar-refractivity contribution in [3.63, 3.8) is 0 Å². The van der Waals surface area contributed by atoms with E-state index in [0.29, 0.717) is 0 Å². The molecule has 0 aromatic rings. The van der Waals surface area contributed by atoms with Gasteiger partial charge >= 0.3 is 0 Å². The maximum Gasteiger partial charge on any atom is 0.297 e. The Morgan fingerprint density at radius 3 is 1.93 bits per heavy atom. The van der Waals surface area contributed by atoms with Crippen molar-refractivity contribution in [1.82, 2.24) is 5.32 Å². The molecule has 0 saturated carbocycles. The first-order valence-corrected chi connectivity index (χ1v) is 3.96. The van der Waals surface area contributed by atoms with Gasteiger partial charge in [0.1, 0.15) is 5.54 Å². The van der Waals surface area contributed by atoms with E-state index >= 15 is 0 Å². The molecule has 0 fully saturated rings. The van der Waals surface area contributed by atoms with Crippen LogP contribution in [-0.2, 0) is 9.59 Å². The van der Waals surface area contributed by atoms with Crippen LogP contribution >= 0.6 is 0 Å². The minimum absolute atomic E-state index is 0.663. The quantitative estimate of drug-likeness (QED) is 0.308. The number of primary amides is 1. The molecule has 0 spiro atoms. The molecule has 0 aliphatic carbocycles. The van der Waals surface area contributed by atoms with E-state index < -0.39 is 37.2 Å². The van der Waals surface area contributed by atoms with E-state index in [9.17, 15) is 9.59 Å². The molecule has 7 nitrogen and oxygen atoms in total. The first kappa shape index (κ1) is 13.4. The van der Waals surface area contributed by atoms with Crippen LogP contribution in [0.4, 0.5) is 0 Å². The Balaban J connectivity index is 4.51. The van der Waals surface area contributed by atoms with E-state index in [4.69, 9.17) is 15.3 Å². The summed E-state index contributed by atoms with van der Waals surface area (Å²) in [5.74, 6) is 1.70. The van der Waals surface area contributed by atoms with Gasteiger partial charge < -0.3 is 26.4 Å². The number of nitrogens with one attached hydrogen (secondary N) is 1. The van der Waals surface area contributed by atoms with Gasteiger partial charge in [-0.25, -0.2) is 0 Å². The zero-order valence-electron chi connectivity index (χ0n) is 7.86. The number of rotatable bonds is 4. The Kier molecular flexibility index (Phi) is 5.33. The second kappa shape index (κ2) is 5.98. The van der Waals surface area contributed by atoms with Crippen LogP contribution in [0.2, 0.25) is 0 Å². The van der Waals surface area contributed by atoms with Crippen LogP contribution in [0.3, 0.4) is 0 Å². The molecule has 0 rings (SSSR count). The summed E-state index contributed by atoms with van der Waals surface area (Å²) in [7, 11) is 0. The van der Waals surface area contributed by atoms with E-state index in [1.165, 1.54) is 0 Å². The van der Waals surface area contributed by atoms with Crippen LogP contribution in [0.15, 0.2) is 0 Å². The van der Waals surface area contributed by atoms with E-state index in [1.807, 2.05) is 5.92 Å². The monoisotopic (exact) mass is 216 g/mol. The van der Waals surface area contributed by atoms with Crippen molar-refractivity contribution >= 4 is 11.8 Å². The molecule has 0 bridgehead atoms. The van der Waals surface area contributed by atoms with Crippen LogP contribution in [-0.4, -0.2) is 52.5 Å². The number of carbonyl (C=O) groups excluding carboxylic acids is 2. The summed E-state index contributed by atoms with van der Waals surface area (Å²) in [4.78, 5) is 21.2. The smallest absolute Gasteiger partial charge is 0.297 e. The standard InChI is InChI=1S/C8H12N2O5/c9-6(14)1-2-7(15)10-8(3-11,4-12)5-13/h11-13H,3-5H2,(H2,9,14)(H,10,15). The zero-order valence-corrected chi connectivity index (χ0v) is 7.86. The Bertz CT molecular complexity index is 292. The van der Waals surface area contributed by atoms with Crippen molar-refractivity contribution in [2.24, 2.45) is 5.73 Å². The summed E-state index contributed by atoms with van der Waals surface area (Å²) in [6.07, 6.45) is 0. The van der Waals surface area contributed by atoms with E-state index in [1.54, 1.807) is 5.92 Å². The topological polar surface area (TPSA) is 133 Å². The molecule has 0 aromatic carbocycles. The molecule has 0 unspecified atom stereocenters. The van der Waals surface area contributed by atoms with Crippen LogP contribution in [0.1, 0.15) is 0 Å². The molecule has 0 radical (unpaired) electrons. The summed E-state index contributed by atoms with van der Waals surface area (Å²) in [6.45, 7) is -1.99. The molecular weight excluding hydrogens is 204 g/mol. The lowest BCUT2D eigenvalue weighted by Gasteiger charge is -2.27. The number of nitrogens with two attached hydrogens (primary N) is 1. The number of aliphatic hydroxyl groups is 3. The highest BCUT2D eigenvalue weighted by Crippen LogP contribution is 2.00. The highest BCUT2D eigenvalue weighted by molar-refractivity contribution is 6.02. The van der Waals surface area contributed by atoms with Crippen LogP contribution < -0.4 is 11.1 Å². The summed E-state index contributed by atoms with van der Waals surface area (Å²) in [6, 6.07) is 0. The predicted molar refractivity (Wildman–Crippen MR) is 49.1 cm³/mol. The van der Waals surface area contributed by atoms with Gasteiger partial charge in [-0.15, -0.1) is 0 Å². The zero-order chi connectivity index (χ0) is 11.9. The molecule has 6 N–H and O–H groups in total. The molecule has 15 heavy (non-hydrogen) atoms. The minimum Gasteiger partial charge on any atom is -0.394 e. The van der Waals surface area contributed by atoms with Gasteiger partial charge in [-0.1, -0.05) is 0 Å². The summed E-state index contributed by atoms with van der Waals surface area (Å²) in [5.41, 5.74) is 3.11. The van der Waals surface area contributed by atoms with Gasteiger partial charge in [0, 0.05) is 11.8 Å². The van der Waals surface area contributed by atoms with Gasteiger partial charge in [-0.2, -0.15) is 0 Å². The fraction of sp³-hybridized carbons (Fsp3) is 0.500. The largest absolute Gasteiger partial charge is 0.394 e. The second-order valence-corrected chi connectivity index (χ2v) is 2.82. The lowest BCUT2D eigenvalue weighted by molar-refractivity contribution is -0.120. The molecule has 84 valence electrons. The normalized spacial score (nSPS) is 10.1. The van der Waals surface area contributed by atoms with Crippen molar-refractivity contribution in [3.05, 3.63) is 0 Å². The van der Waals surface area contributed by atoms with Crippen molar-refractivity contribution in [1.29, 1.82) is 0 Å². The Labute approximate surface area is 85.9 Å². The second-order valence-electron chi connectivity index (χ2n) is 2.82. The number of aliphatic hydroxyl groups excluding tert-OH is 3. The molecule has 2 amide bonds.